The predicted octanol–water partition coefficient (Wildman–Crippen LogP) is 5.40. The number of ether oxygens (including phenoxy) is 2. The first-order chi connectivity index (χ1) is 15.5. The zero-order chi connectivity index (χ0) is 22.7. The quantitative estimate of drug-likeness (QED) is 0.410. The molecule has 0 aliphatic carbocycles. The molecule has 5 nitrogen and oxygen atoms in total. The van der Waals surface area contributed by atoms with Crippen LogP contribution in [0.1, 0.15) is 21.6 Å². The summed E-state index contributed by atoms with van der Waals surface area (Å²) >= 11 is 1.38. The summed E-state index contributed by atoms with van der Waals surface area (Å²) in [5.74, 6) is 0.661. The molecule has 0 aliphatic rings. The number of nitrogens with zero attached hydrogens (tertiary/aromatic N) is 1. The number of nitrogens with one attached hydrogen (secondary N) is 1. The van der Waals surface area contributed by atoms with Gasteiger partial charge in [-0.2, -0.15) is 0 Å². The van der Waals surface area contributed by atoms with Crippen molar-refractivity contribution in [2.75, 3.05) is 20.8 Å². The van der Waals surface area contributed by atoms with Crippen LogP contribution in [-0.4, -0.2) is 31.7 Å². The Hall–Kier alpha value is -3.45. The van der Waals surface area contributed by atoms with Gasteiger partial charge in [0.15, 0.2) is 11.5 Å². The fourth-order valence-electron chi connectivity index (χ4n) is 3.61. The Morgan fingerprint density at radius 3 is 2.69 bits per heavy atom. The summed E-state index contributed by atoms with van der Waals surface area (Å²) < 4.78 is 25.2. The molecule has 0 spiro atoms. The van der Waals surface area contributed by atoms with Gasteiger partial charge in [0.05, 0.1) is 24.6 Å². The Morgan fingerprint density at radius 1 is 1.09 bits per heavy atom. The number of aryl methyl sites for hydroxylation is 1. The molecule has 0 aliphatic heterocycles. The molecule has 164 valence electrons. The van der Waals surface area contributed by atoms with Crippen LogP contribution >= 0.6 is 11.3 Å². The van der Waals surface area contributed by atoms with Gasteiger partial charge in [-0.05, 0) is 48.9 Å². The lowest BCUT2D eigenvalue weighted by atomic mass is 10.1. The third kappa shape index (κ3) is 4.43. The Morgan fingerprint density at radius 2 is 1.91 bits per heavy atom. The number of fused-ring (bicyclic) bond motifs is 1. The molecule has 0 radical (unpaired) electrons. The van der Waals surface area contributed by atoms with Crippen LogP contribution in [0.15, 0.2) is 53.9 Å². The molecular formula is C25H23FN2O3S. The monoisotopic (exact) mass is 450 g/mol. The van der Waals surface area contributed by atoms with E-state index in [0.29, 0.717) is 34.7 Å². The van der Waals surface area contributed by atoms with Crippen LogP contribution in [0.25, 0.3) is 21.3 Å². The van der Waals surface area contributed by atoms with E-state index < -0.39 is 0 Å². The van der Waals surface area contributed by atoms with E-state index in [2.05, 4.69) is 5.32 Å². The number of pyridine rings is 1. The van der Waals surface area contributed by atoms with E-state index >= 15 is 0 Å². The lowest BCUT2D eigenvalue weighted by molar-refractivity contribution is 0.0953. The summed E-state index contributed by atoms with van der Waals surface area (Å²) in [6, 6.07) is 14.2. The number of methoxy groups -OCH3 is 2. The molecule has 1 amide bonds. The van der Waals surface area contributed by atoms with Crippen molar-refractivity contribution >= 4 is 27.3 Å². The van der Waals surface area contributed by atoms with Crippen molar-refractivity contribution in [3.8, 4) is 22.8 Å². The molecule has 1 N–H and O–H groups in total. The minimum Gasteiger partial charge on any atom is -0.493 e. The molecule has 0 unspecified atom stereocenters. The van der Waals surface area contributed by atoms with E-state index in [0.717, 1.165) is 27.9 Å². The van der Waals surface area contributed by atoms with Gasteiger partial charge in [-0.15, -0.1) is 11.3 Å². The zero-order valence-corrected chi connectivity index (χ0v) is 18.9. The molecule has 2 aromatic heterocycles. The van der Waals surface area contributed by atoms with Gasteiger partial charge in [-0.3, -0.25) is 9.78 Å². The number of carbonyl (C=O) groups excluding carboxylic acids is 1. The lowest BCUT2D eigenvalue weighted by Gasteiger charge is -2.10. The number of halogens is 1. The Bertz CT molecular complexity index is 1290. The number of carbonyl (C=O) groups is 1. The average molecular weight is 451 g/mol. The van der Waals surface area contributed by atoms with E-state index in [1.807, 2.05) is 30.5 Å². The maximum Gasteiger partial charge on any atom is 0.251 e. The van der Waals surface area contributed by atoms with Gasteiger partial charge in [0, 0.05) is 40.6 Å². The Labute approximate surface area is 189 Å². The van der Waals surface area contributed by atoms with E-state index in [-0.39, 0.29) is 11.7 Å². The average Bonchev–Trinajstić information content (AvgIpc) is 3.23. The van der Waals surface area contributed by atoms with Crippen molar-refractivity contribution in [3.05, 3.63) is 76.5 Å². The number of hydrogen-bond acceptors (Lipinski definition) is 5. The highest BCUT2D eigenvalue weighted by molar-refractivity contribution is 7.17. The summed E-state index contributed by atoms with van der Waals surface area (Å²) in [6.45, 7) is 2.44. The van der Waals surface area contributed by atoms with Crippen LogP contribution in [0.5, 0.6) is 11.5 Å². The van der Waals surface area contributed by atoms with Gasteiger partial charge in [0.1, 0.15) is 5.82 Å². The molecule has 0 bridgehead atoms. The standard InChI is InChI=1S/C25H23FN2O3S/c1-15-11-17(9-10-27-25(29)16-7-8-22(30-2)23(13-16)31-3)28-21(12-15)19-14-32-24-18(19)5-4-6-20(24)26/h4-8,11-14H,9-10H2,1-3H3,(H,27,29). The molecule has 4 rings (SSSR count). The van der Waals surface area contributed by atoms with E-state index in [9.17, 15) is 9.18 Å². The van der Waals surface area contributed by atoms with Crippen molar-refractivity contribution in [3.63, 3.8) is 0 Å². The molecule has 0 saturated heterocycles. The molecule has 0 saturated carbocycles. The first-order valence-electron chi connectivity index (χ1n) is 10.1. The summed E-state index contributed by atoms with van der Waals surface area (Å²) in [5.41, 5.74) is 4.15. The second-order valence-corrected chi connectivity index (χ2v) is 8.24. The van der Waals surface area contributed by atoms with Gasteiger partial charge in [0.25, 0.3) is 5.91 Å². The van der Waals surface area contributed by atoms with Crippen LogP contribution < -0.4 is 14.8 Å². The van der Waals surface area contributed by atoms with Gasteiger partial charge in [-0.1, -0.05) is 12.1 Å². The van der Waals surface area contributed by atoms with E-state index in [1.165, 1.54) is 24.5 Å². The largest absolute Gasteiger partial charge is 0.493 e. The fraction of sp³-hybridized carbons (Fsp3) is 0.200. The maximum absolute atomic E-state index is 14.1. The number of benzene rings is 2. The Kier molecular flexibility index (Phi) is 6.37. The van der Waals surface area contributed by atoms with E-state index in [1.54, 1.807) is 31.4 Å². The molecule has 0 fully saturated rings. The highest BCUT2D eigenvalue weighted by Crippen LogP contribution is 2.35. The summed E-state index contributed by atoms with van der Waals surface area (Å²) in [5, 5.41) is 5.73. The molecule has 4 aromatic rings. The fourth-order valence-corrected chi connectivity index (χ4v) is 4.58. The van der Waals surface area contributed by atoms with Crippen molar-refractivity contribution in [2.24, 2.45) is 0 Å². The maximum atomic E-state index is 14.1. The molecule has 2 heterocycles. The van der Waals surface area contributed by atoms with Crippen molar-refractivity contribution in [1.29, 1.82) is 0 Å². The minimum absolute atomic E-state index is 0.196. The van der Waals surface area contributed by atoms with Crippen LogP contribution in [0.4, 0.5) is 4.39 Å². The number of amides is 1. The van der Waals surface area contributed by atoms with Crippen LogP contribution in [0.3, 0.4) is 0 Å². The third-order valence-corrected chi connectivity index (χ3v) is 6.17. The number of hydrogen-bond donors (Lipinski definition) is 1. The highest BCUT2D eigenvalue weighted by Gasteiger charge is 2.13. The van der Waals surface area contributed by atoms with Gasteiger partial charge in [-0.25, -0.2) is 4.39 Å². The SMILES string of the molecule is COc1ccc(C(=O)NCCc2cc(C)cc(-c3csc4c(F)cccc34)n2)cc1OC. The van der Waals surface area contributed by atoms with Crippen LogP contribution in [0.2, 0.25) is 0 Å². The Balaban J connectivity index is 1.48. The number of rotatable bonds is 7. The molecule has 2 aromatic carbocycles. The molecule has 32 heavy (non-hydrogen) atoms. The first kappa shape index (κ1) is 21.8. The number of aromatic nitrogens is 1. The normalized spacial score (nSPS) is 10.9. The van der Waals surface area contributed by atoms with Crippen LogP contribution in [0, 0.1) is 12.7 Å². The van der Waals surface area contributed by atoms with Crippen LogP contribution in [-0.2, 0) is 6.42 Å². The smallest absolute Gasteiger partial charge is 0.251 e. The molecule has 7 heteroatoms. The van der Waals surface area contributed by atoms with E-state index in [4.69, 9.17) is 14.5 Å². The highest BCUT2D eigenvalue weighted by atomic mass is 32.1. The summed E-state index contributed by atoms with van der Waals surface area (Å²) in [7, 11) is 3.09. The van der Waals surface area contributed by atoms with Crippen molar-refractivity contribution < 1.29 is 18.7 Å². The first-order valence-corrected chi connectivity index (χ1v) is 11.0. The number of thiophene rings is 1. The van der Waals surface area contributed by atoms with Crippen molar-refractivity contribution in [1.82, 2.24) is 10.3 Å². The third-order valence-electron chi connectivity index (χ3n) is 5.16. The zero-order valence-electron chi connectivity index (χ0n) is 18.1. The minimum atomic E-state index is -0.218. The second kappa shape index (κ2) is 9.36. The predicted molar refractivity (Wildman–Crippen MR) is 125 cm³/mol. The van der Waals surface area contributed by atoms with Gasteiger partial charge >= 0.3 is 0 Å². The summed E-state index contributed by atoms with van der Waals surface area (Å²) in [4.78, 5) is 17.3. The molecule has 0 atom stereocenters. The summed E-state index contributed by atoms with van der Waals surface area (Å²) in [6.07, 6.45) is 0.574. The van der Waals surface area contributed by atoms with Crippen molar-refractivity contribution in [2.45, 2.75) is 13.3 Å². The topological polar surface area (TPSA) is 60.5 Å². The molecular weight excluding hydrogens is 427 g/mol. The lowest BCUT2D eigenvalue weighted by Crippen LogP contribution is -2.26. The second-order valence-electron chi connectivity index (χ2n) is 7.36. The van der Waals surface area contributed by atoms with Gasteiger partial charge in [0.2, 0.25) is 0 Å². The van der Waals surface area contributed by atoms with Gasteiger partial charge < -0.3 is 14.8 Å².